The first-order valence-corrected chi connectivity index (χ1v) is 14.9. The van der Waals surface area contributed by atoms with E-state index in [4.69, 9.17) is 21.1 Å². The molecule has 9 heteroatoms. The highest BCUT2D eigenvalue weighted by Gasteiger charge is 2.29. The maximum absolute atomic E-state index is 13.9. The number of benzene rings is 2. The van der Waals surface area contributed by atoms with Crippen LogP contribution in [0.4, 0.5) is 10.5 Å². The number of halogens is 1. The summed E-state index contributed by atoms with van der Waals surface area (Å²) in [6, 6.07) is 16.8. The molecule has 4 rings (SSSR count). The van der Waals surface area contributed by atoms with E-state index >= 15 is 0 Å². The lowest BCUT2D eigenvalue weighted by molar-refractivity contribution is -0.132. The predicted molar refractivity (Wildman–Crippen MR) is 162 cm³/mol. The van der Waals surface area contributed by atoms with Crippen molar-refractivity contribution in [2.24, 2.45) is 0 Å². The molecule has 0 bridgehead atoms. The predicted octanol–water partition coefficient (Wildman–Crippen LogP) is 7.17. The molecule has 2 aromatic carbocycles. The van der Waals surface area contributed by atoms with Crippen LogP contribution in [0.15, 0.2) is 54.6 Å². The quantitative estimate of drug-likeness (QED) is 0.260. The molecule has 3 aromatic rings. The first kappa shape index (κ1) is 29.7. The van der Waals surface area contributed by atoms with Gasteiger partial charge in [0.2, 0.25) is 5.91 Å². The van der Waals surface area contributed by atoms with Crippen LogP contribution in [0.5, 0.6) is 11.5 Å². The summed E-state index contributed by atoms with van der Waals surface area (Å²) in [7, 11) is 3.23. The molecule has 1 saturated carbocycles. The summed E-state index contributed by atoms with van der Waals surface area (Å²) < 4.78 is 10.8. The monoisotopic (exact) mass is 583 g/mol. The molecule has 40 heavy (non-hydrogen) atoms. The molecule has 1 fully saturated rings. The average Bonchev–Trinajstić information content (AvgIpc) is 3.38. The van der Waals surface area contributed by atoms with E-state index in [1.165, 1.54) is 4.88 Å². The van der Waals surface area contributed by atoms with Crippen molar-refractivity contribution in [2.75, 3.05) is 32.6 Å². The largest absolute Gasteiger partial charge is 0.493 e. The number of methoxy groups -OCH3 is 2. The number of hydrogen-bond acceptors (Lipinski definition) is 5. The van der Waals surface area contributed by atoms with Crippen LogP contribution in [0.3, 0.4) is 0 Å². The summed E-state index contributed by atoms with van der Waals surface area (Å²) in [5, 5.41) is 3.51. The smallest absolute Gasteiger partial charge is 0.322 e. The fourth-order valence-electron chi connectivity index (χ4n) is 5.12. The minimum atomic E-state index is -0.269. The van der Waals surface area contributed by atoms with Crippen LogP contribution in [0.2, 0.25) is 5.02 Å². The Hall–Kier alpha value is -3.23. The van der Waals surface area contributed by atoms with E-state index in [9.17, 15) is 9.59 Å². The number of nitrogens with one attached hydrogen (secondary N) is 1. The molecule has 1 N–H and O–H groups in total. The van der Waals surface area contributed by atoms with E-state index in [2.05, 4.69) is 24.4 Å². The topological polar surface area (TPSA) is 71.1 Å². The van der Waals surface area contributed by atoms with E-state index < -0.39 is 0 Å². The first-order chi connectivity index (χ1) is 19.4. The third-order valence-corrected chi connectivity index (χ3v) is 8.49. The molecular weight excluding hydrogens is 546 g/mol. The summed E-state index contributed by atoms with van der Waals surface area (Å²) in [5.41, 5.74) is 1.66. The van der Waals surface area contributed by atoms with Crippen molar-refractivity contribution in [3.05, 3.63) is 74.9 Å². The van der Waals surface area contributed by atoms with Gasteiger partial charge in [-0.25, -0.2) is 4.79 Å². The van der Waals surface area contributed by atoms with Crippen molar-refractivity contribution in [1.82, 2.24) is 9.80 Å². The lowest BCUT2D eigenvalue weighted by Crippen LogP contribution is -2.49. The molecule has 1 aromatic heterocycles. The van der Waals surface area contributed by atoms with E-state index in [0.29, 0.717) is 41.7 Å². The van der Waals surface area contributed by atoms with Crippen LogP contribution < -0.4 is 14.8 Å². The number of nitrogens with zero attached hydrogens (tertiary/aromatic N) is 2. The van der Waals surface area contributed by atoms with Crippen molar-refractivity contribution < 1.29 is 19.1 Å². The molecule has 7 nitrogen and oxygen atoms in total. The number of anilines is 1. The highest BCUT2D eigenvalue weighted by atomic mass is 35.5. The van der Waals surface area contributed by atoms with Gasteiger partial charge in [-0.3, -0.25) is 4.79 Å². The van der Waals surface area contributed by atoms with Crippen LogP contribution in [-0.4, -0.2) is 55.1 Å². The Bertz CT molecular complexity index is 1290. The maximum Gasteiger partial charge on any atom is 0.322 e. The summed E-state index contributed by atoms with van der Waals surface area (Å²) in [4.78, 5) is 33.3. The van der Waals surface area contributed by atoms with E-state index in [0.717, 1.165) is 42.5 Å². The Kier molecular flexibility index (Phi) is 10.7. The van der Waals surface area contributed by atoms with Crippen LogP contribution >= 0.6 is 22.9 Å². The van der Waals surface area contributed by atoms with Gasteiger partial charge in [-0.1, -0.05) is 43.0 Å². The first-order valence-electron chi connectivity index (χ1n) is 13.7. The third kappa shape index (κ3) is 8.15. The van der Waals surface area contributed by atoms with Crippen molar-refractivity contribution in [1.29, 1.82) is 0 Å². The second-order valence-corrected chi connectivity index (χ2v) is 11.9. The highest BCUT2D eigenvalue weighted by Crippen LogP contribution is 2.28. The Morgan fingerprint density at radius 1 is 1.00 bits per heavy atom. The van der Waals surface area contributed by atoms with Gasteiger partial charge in [0.1, 0.15) is 6.54 Å². The number of carbonyl (C=O) groups is 2. The summed E-state index contributed by atoms with van der Waals surface area (Å²) in [6.07, 6.45) is 5.70. The zero-order valence-corrected chi connectivity index (χ0v) is 25.0. The van der Waals surface area contributed by atoms with Gasteiger partial charge in [-0.2, -0.15) is 0 Å². The van der Waals surface area contributed by atoms with Gasteiger partial charge in [0.15, 0.2) is 11.5 Å². The van der Waals surface area contributed by atoms with Gasteiger partial charge < -0.3 is 24.6 Å². The molecule has 3 amide bonds. The highest BCUT2D eigenvalue weighted by molar-refractivity contribution is 7.11. The maximum atomic E-state index is 13.9. The van der Waals surface area contributed by atoms with Gasteiger partial charge in [0, 0.05) is 33.1 Å². The lowest BCUT2D eigenvalue weighted by atomic mass is 9.94. The lowest BCUT2D eigenvalue weighted by Gasteiger charge is -2.35. The number of rotatable bonds is 11. The van der Waals surface area contributed by atoms with E-state index in [1.54, 1.807) is 54.7 Å². The minimum Gasteiger partial charge on any atom is -0.493 e. The Morgan fingerprint density at radius 2 is 1.77 bits per heavy atom. The molecule has 214 valence electrons. The molecule has 0 aliphatic heterocycles. The fourth-order valence-corrected chi connectivity index (χ4v) is 6.21. The van der Waals surface area contributed by atoms with Crippen LogP contribution in [-0.2, 0) is 17.8 Å². The molecular formula is C31H38ClN3O4S. The van der Waals surface area contributed by atoms with Crippen LogP contribution in [0, 0.1) is 6.92 Å². The van der Waals surface area contributed by atoms with Gasteiger partial charge in [-0.15, -0.1) is 11.3 Å². The van der Waals surface area contributed by atoms with Crippen molar-refractivity contribution in [2.45, 2.75) is 58.0 Å². The van der Waals surface area contributed by atoms with Crippen molar-refractivity contribution >= 4 is 40.6 Å². The number of ether oxygens (including phenoxy) is 2. The van der Waals surface area contributed by atoms with Crippen molar-refractivity contribution in [3.63, 3.8) is 0 Å². The third-order valence-electron chi connectivity index (χ3n) is 7.27. The summed E-state index contributed by atoms with van der Waals surface area (Å²) >= 11 is 7.83. The van der Waals surface area contributed by atoms with Gasteiger partial charge in [-0.05, 0) is 74.2 Å². The number of amides is 3. The second kappa shape index (κ2) is 14.4. The van der Waals surface area contributed by atoms with Gasteiger partial charge in [0.25, 0.3) is 0 Å². The number of carbonyl (C=O) groups excluding carboxylic acids is 2. The molecule has 0 saturated heterocycles. The normalized spacial score (nSPS) is 13.5. The number of aryl methyl sites for hydroxylation is 1. The summed E-state index contributed by atoms with van der Waals surface area (Å²) in [6.45, 7) is 3.10. The fraction of sp³-hybridized carbons (Fsp3) is 0.419. The van der Waals surface area contributed by atoms with Crippen LogP contribution in [0.25, 0.3) is 0 Å². The molecule has 1 aliphatic carbocycles. The van der Waals surface area contributed by atoms with Gasteiger partial charge in [0.05, 0.1) is 20.8 Å². The Morgan fingerprint density at radius 3 is 2.45 bits per heavy atom. The molecule has 0 spiro atoms. The van der Waals surface area contributed by atoms with Crippen molar-refractivity contribution in [3.8, 4) is 11.5 Å². The Balaban J connectivity index is 1.53. The molecule has 0 unspecified atom stereocenters. The zero-order valence-electron chi connectivity index (χ0n) is 23.5. The number of urea groups is 1. The molecule has 0 radical (unpaired) electrons. The van der Waals surface area contributed by atoms with E-state index in [1.807, 2.05) is 23.1 Å². The second-order valence-electron chi connectivity index (χ2n) is 10.1. The SMILES string of the molecule is COc1ccc(CCN(Cc2ccc(C)s2)C(=O)CN(C(=O)Nc2cccc(Cl)c2)C2CCCCC2)cc1OC. The summed E-state index contributed by atoms with van der Waals surface area (Å²) in [5.74, 6) is 1.26. The van der Waals surface area contributed by atoms with Gasteiger partial charge >= 0.3 is 6.03 Å². The Labute approximate surface area is 246 Å². The standard InChI is InChI=1S/C31H38ClN3O4S/c1-22-12-14-27(40-22)20-34(17-16-23-13-15-28(38-2)29(18-23)39-3)30(36)21-35(26-10-5-4-6-11-26)31(37)33-25-9-7-8-24(32)19-25/h7-9,12-15,18-19,26H,4-6,10-11,16-17,20-21H2,1-3H3,(H,33,37). The zero-order chi connectivity index (χ0) is 28.5. The number of hydrogen-bond donors (Lipinski definition) is 1. The molecule has 1 heterocycles. The number of thiophene rings is 1. The minimum absolute atomic E-state index is 0.0212. The average molecular weight is 584 g/mol. The molecule has 1 aliphatic rings. The molecule has 0 atom stereocenters. The van der Waals surface area contributed by atoms with E-state index in [-0.39, 0.29) is 24.5 Å². The van der Waals surface area contributed by atoms with Crippen LogP contribution in [0.1, 0.15) is 47.4 Å².